The number of halogens is 1. The molecule has 0 spiro atoms. The predicted octanol–water partition coefficient (Wildman–Crippen LogP) is 4.22. The third kappa shape index (κ3) is 5.62. The van der Waals surface area contributed by atoms with Crippen LogP contribution in [-0.4, -0.2) is 45.8 Å². The number of nitrogen functional groups attached to an aromatic ring is 1. The van der Waals surface area contributed by atoms with E-state index < -0.39 is 23.9 Å². The van der Waals surface area contributed by atoms with Gasteiger partial charge in [-0.2, -0.15) is 0 Å². The van der Waals surface area contributed by atoms with E-state index in [0.717, 1.165) is 27.4 Å². The predicted molar refractivity (Wildman–Crippen MR) is 147 cm³/mol. The Morgan fingerprint density at radius 1 is 1.16 bits per heavy atom. The van der Waals surface area contributed by atoms with Crippen molar-refractivity contribution >= 4 is 41.0 Å². The lowest BCUT2D eigenvalue weighted by Gasteiger charge is -2.46. The molecule has 1 unspecified atom stereocenters. The number of likely N-dealkylation sites (N-methyl/N-ethyl adjacent to an activating group) is 1. The molecule has 1 aliphatic heterocycles. The van der Waals surface area contributed by atoms with Gasteiger partial charge in [-0.1, -0.05) is 30.7 Å². The molecule has 198 valence electrons. The van der Waals surface area contributed by atoms with E-state index in [1.165, 1.54) is 4.90 Å². The lowest BCUT2D eigenvalue weighted by atomic mass is 9.81. The van der Waals surface area contributed by atoms with Crippen molar-refractivity contribution in [2.45, 2.75) is 45.7 Å². The van der Waals surface area contributed by atoms with Crippen LogP contribution in [0.15, 0.2) is 54.7 Å². The van der Waals surface area contributed by atoms with Crippen LogP contribution in [0.25, 0.3) is 0 Å². The van der Waals surface area contributed by atoms with Crippen LogP contribution in [0.3, 0.4) is 0 Å². The summed E-state index contributed by atoms with van der Waals surface area (Å²) in [5, 5.41) is 3.46. The molecule has 0 saturated carbocycles. The van der Waals surface area contributed by atoms with Crippen molar-refractivity contribution in [3.8, 4) is 0 Å². The van der Waals surface area contributed by atoms with Gasteiger partial charge in [0, 0.05) is 35.3 Å². The fraction of sp³-hybridized carbons (Fsp3) is 0.321. The summed E-state index contributed by atoms with van der Waals surface area (Å²) >= 11 is 6.15. The smallest absolute Gasteiger partial charge is 0.325 e. The van der Waals surface area contributed by atoms with Crippen LogP contribution in [0, 0.1) is 19.8 Å². The van der Waals surface area contributed by atoms with Crippen molar-refractivity contribution in [2.24, 2.45) is 5.92 Å². The Morgan fingerprint density at radius 2 is 1.87 bits per heavy atom. The van der Waals surface area contributed by atoms with Crippen molar-refractivity contribution in [3.63, 3.8) is 0 Å². The minimum atomic E-state index is -0.993. The number of urea groups is 1. The molecule has 1 aliphatic rings. The standard InChI is InChI=1S/C28H31ClN6O3/c1-5-23(19-7-6-8-20(29)15-19)33-28(38)35-25(22(26(35)36)13-18-9-10-31-24(30)14-18)27(37)34(4)21-11-16(2)32-17(3)12-21/h6-12,14-15,22-23,25H,5,13H2,1-4H3,(H2,30,31)(H,33,38)/t22?,23-,25+/m1/s1. The molecule has 1 saturated heterocycles. The van der Waals surface area contributed by atoms with Crippen LogP contribution >= 0.6 is 11.6 Å². The lowest BCUT2D eigenvalue weighted by molar-refractivity contribution is -0.156. The Labute approximate surface area is 227 Å². The second-order valence-electron chi connectivity index (χ2n) is 9.52. The molecule has 2 aromatic heterocycles. The number of likely N-dealkylation sites (tertiary alicyclic amines) is 1. The Morgan fingerprint density at radius 3 is 2.50 bits per heavy atom. The second-order valence-corrected chi connectivity index (χ2v) is 9.96. The molecule has 3 heterocycles. The van der Waals surface area contributed by atoms with E-state index in [-0.39, 0.29) is 18.4 Å². The van der Waals surface area contributed by atoms with Crippen molar-refractivity contribution in [1.29, 1.82) is 0 Å². The van der Waals surface area contributed by atoms with E-state index in [2.05, 4.69) is 15.3 Å². The Kier molecular flexibility index (Phi) is 7.97. The third-order valence-corrected chi connectivity index (χ3v) is 6.96. The number of imide groups is 1. The number of nitrogens with two attached hydrogens (primary N) is 1. The van der Waals surface area contributed by atoms with Gasteiger partial charge in [0.15, 0.2) is 0 Å². The summed E-state index contributed by atoms with van der Waals surface area (Å²) in [5.74, 6) is -1.20. The lowest BCUT2D eigenvalue weighted by Crippen LogP contribution is -2.70. The third-order valence-electron chi connectivity index (χ3n) is 6.73. The first-order valence-corrected chi connectivity index (χ1v) is 12.8. The largest absolute Gasteiger partial charge is 0.384 e. The fourth-order valence-electron chi connectivity index (χ4n) is 4.83. The summed E-state index contributed by atoms with van der Waals surface area (Å²) < 4.78 is 0. The van der Waals surface area contributed by atoms with Gasteiger partial charge in [0.1, 0.15) is 11.9 Å². The highest BCUT2D eigenvalue weighted by Crippen LogP contribution is 2.34. The normalized spacial score (nSPS) is 17.5. The monoisotopic (exact) mass is 534 g/mol. The molecule has 38 heavy (non-hydrogen) atoms. The Hall–Kier alpha value is -3.98. The zero-order valence-corrected chi connectivity index (χ0v) is 22.6. The highest BCUT2D eigenvalue weighted by atomic mass is 35.5. The molecule has 9 nitrogen and oxygen atoms in total. The molecule has 0 bridgehead atoms. The van der Waals surface area contributed by atoms with Crippen LogP contribution in [0.2, 0.25) is 5.02 Å². The van der Waals surface area contributed by atoms with Crippen molar-refractivity contribution in [1.82, 2.24) is 20.2 Å². The number of pyridine rings is 2. The number of rotatable bonds is 7. The van der Waals surface area contributed by atoms with Gasteiger partial charge in [-0.15, -0.1) is 0 Å². The first-order chi connectivity index (χ1) is 18.1. The first-order valence-electron chi connectivity index (χ1n) is 12.4. The molecule has 3 atom stereocenters. The molecular weight excluding hydrogens is 504 g/mol. The zero-order valence-electron chi connectivity index (χ0n) is 21.8. The van der Waals surface area contributed by atoms with Gasteiger partial charge in [-0.3, -0.25) is 19.5 Å². The number of hydrogen-bond acceptors (Lipinski definition) is 6. The quantitative estimate of drug-likeness (QED) is 0.438. The van der Waals surface area contributed by atoms with E-state index in [1.54, 1.807) is 55.7 Å². The number of aromatic nitrogens is 2. The molecule has 0 radical (unpaired) electrons. The summed E-state index contributed by atoms with van der Waals surface area (Å²) in [5.41, 5.74) is 9.55. The Balaban J connectivity index is 1.63. The maximum absolute atomic E-state index is 13.8. The van der Waals surface area contributed by atoms with E-state index >= 15 is 0 Å². The second kappa shape index (κ2) is 11.2. The number of nitrogens with zero attached hydrogens (tertiary/aromatic N) is 4. The van der Waals surface area contributed by atoms with Crippen LogP contribution in [0.4, 0.5) is 16.3 Å². The molecule has 1 fully saturated rings. The minimum absolute atomic E-state index is 0.249. The average Bonchev–Trinajstić information content (AvgIpc) is 2.87. The topological polar surface area (TPSA) is 122 Å². The summed E-state index contributed by atoms with van der Waals surface area (Å²) in [4.78, 5) is 51.5. The van der Waals surface area contributed by atoms with Crippen molar-refractivity contribution in [2.75, 3.05) is 17.7 Å². The van der Waals surface area contributed by atoms with Gasteiger partial charge in [0.05, 0.1) is 12.0 Å². The number of benzene rings is 1. The summed E-state index contributed by atoms with van der Waals surface area (Å²) in [6.07, 6.45) is 2.38. The number of β-lactam (4-membered cyclic amide) rings is 1. The number of carbonyl (C=O) groups excluding carboxylic acids is 3. The van der Waals surface area contributed by atoms with Crippen LogP contribution in [-0.2, 0) is 16.0 Å². The zero-order chi connectivity index (χ0) is 27.6. The number of carbonyl (C=O) groups is 3. The van der Waals surface area contributed by atoms with Crippen molar-refractivity contribution < 1.29 is 14.4 Å². The van der Waals surface area contributed by atoms with Crippen LogP contribution < -0.4 is 16.0 Å². The molecule has 1 aromatic carbocycles. The van der Waals surface area contributed by atoms with Gasteiger partial charge in [0.2, 0.25) is 5.91 Å². The SMILES string of the molecule is CC[C@@H](NC(=O)N1C(=O)C(Cc2ccnc(N)c2)[C@H]1C(=O)N(C)c1cc(C)nc(C)c1)c1cccc(Cl)c1. The highest BCUT2D eigenvalue weighted by Gasteiger charge is 2.55. The van der Waals surface area contributed by atoms with Gasteiger partial charge >= 0.3 is 6.03 Å². The van der Waals surface area contributed by atoms with E-state index in [1.807, 2.05) is 26.8 Å². The minimum Gasteiger partial charge on any atom is -0.384 e. The van der Waals surface area contributed by atoms with Gasteiger partial charge in [-0.05, 0) is 74.2 Å². The van der Waals surface area contributed by atoms with E-state index in [4.69, 9.17) is 17.3 Å². The van der Waals surface area contributed by atoms with E-state index in [0.29, 0.717) is 22.9 Å². The first kappa shape index (κ1) is 27.1. The molecule has 3 N–H and O–H groups in total. The number of amides is 4. The number of anilines is 2. The maximum Gasteiger partial charge on any atom is 0.325 e. The summed E-state index contributed by atoms with van der Waals surface area (Å²) in [6.45, 7) is 5.61. The molecular formula is C28H31ClN6O3. The van der Waals surface area contributed by atoms with Crippen molar-refractivity contribution in [3.05, 3.63) is 82.3 Å². The van der Waals surface area contributed by atoms with Gasteiger partial charge in [-0.25, -0.2) is 9.78 Å². The van der Waals surface area contributed by atoms with Crippen LogP contribution in [0.5, 0.6) is 0 Å². The molecule has 3 aromatic rings. The highest BCUT2D eigenvalue weighted by molar-refractivity contribution is 6.30. The summed E-state index contributed by atoms with van der Waals surface area (Å²) in [6, 6.07) is 12.2. The number of aryl methyl sites for hydroxylation is 2. The summed E-state index contributed by atoms with van der Waals surface area (Å²) in [7, 11) is 1.64. The molecule has 0 aliphatic carbocycles. The number of nitrogens with one attached hydrogen (secondary N) is 1. The maximum atomic E-state index is 13.8. The average molecular weight is 535 g/mol. The molecule has 4 amide bonds. The van der Waals surface area contributed by atoms with Crippen LogP contribution in [0.1, 0.15) is 41.9 Å². The van der Waals surface area contributed by atoms with E-state index in [9.17, 15) is 14.4 Å². The molecule has 4 rings (SSSR count). The fourth-order valence-corrected chi connectivity index (χ4v) is 5.03. The Bertz CT molecular complexity index is 1360. The number of hydrogen-bond donors (Lipinski definition) is 2. The van der Waals surface area contributed by atoms with Gasteiger partial charge in [0.25, 0.3) is 5.91 Å². The molecule has 10 heteroatoms. The van der Waals surface area contributed by atoms with Gasteiger partial charge < -0.3 is 16.0 Å².